The van der Waals surface area contributed by atoms with Gasteiger partial charge in [0.1, 0.15) is 23.0 Å². The lowest BCUT2D eigenvalue weighted by atomic mass is 9.77. The molecule has 0 radical (unpaired) electrons. The van der Waals surface area contributed by atoms with Crippen LogP contribution in [0, 0.1) is 0 Å². The third kappa shape index (κ3) is 2.89. The Morgan fingerprint density at radius 1 is 0.871 bits per heavy atom. The molecule has 3 aromatic carbocycles. The van der Waals surface area contributed by atoms with E-state index in [2.05, 4.69) is 5.32 Å². The molecule has 3 aromatic rings. The second kappa shape index (κ2) is 7.36. The fraction of sp³-hybridized carbons (Fsp3) is 0.167. The fourth-order valence-electron chi connectivity index (χ4n) is 3.98. The van der Waals surface area contributed by atoms with E-state index < -0.39 is 11.6 Å². The lowest BCUT2D eigenvalue weighted by molar-refractivity contribution is 0.0224. The minimum atomic E-state index is -1.37. The number of nitrogens with one attached hydrogen (secondary N) is 1. The normalized spacial score (nSPS) is 14.2. The zero-order chi connectivity index (χ0) is 22.3. The van der Waals surface area contributed by atoms with Crippen molar-refractivity contribution in [1.29, 1.82) is 0 Å². The van der Waals surface area contributed by atoms with Gasteiger partial charge in [-0.1, -0.05) is 13.8 Å². The summed E-state index contributed by atoms with van der Waals surface area (Å²) in [5, 5.41) is 22.4. The summed E-state index contributed by atoms with van der Waals surface area (Å²) in [6, 6.07) is 13.8. The minimum Gasteiger partial charge on any atom is -0.508 e. The number of rotatable bonds is 1. The van der Waals surface area contributed by atoms with Gasteiger partial charge in [0.25, 0.3) is 5.91 Å². The average Bonchev–Trinajstić information content (AvgIpc) is 3.06. The third-order valence-electron chi connectivity index (χ3n) is 5.26. The molecule has 0 aliphatic carbocycles. The second-order valence-corrected chi connectivity index (χ2v) is 6.87. The first-order chi connectivity index (χ1) is 14.9. The van der Waals surface area contributed by atoms with E-state index in [1.54, 1.807) is 30.3 Å². The third-order valence-corrected chi connectivity index (χ3v) is 5.26. The van der Waals surface area contributed by atoms with Gasteiger partial charge in [-0.25, -0.2) is 4.79 Å². The molecule has 1 amide bonds. The number of hydrogen-bond donors (Lipinski definition) is 3. The van der Waals surface area contributed by atoms with E-state index >= 15 is 0 Å². The molecule has 0 bridgehead atoms. The molecule has 0 aromatic heterocycles. The van der Waals surface area contributed by atoms with Crippen LogP contribution in [0.3, 0.4) is 0 Å². The highest BCUT2D eigenvalue weighted by molar-refractivity contribution is 6.00. The van der Waals surface area contributed by atoms with Crippen molar-refractivity contribution in [3.05, 3.63) is 82.4 Å². The van der Waals surface area contributed by atoms with E-state index in [0.717, 1.165) is 0 Å². The van der Waals surface area contributed by atoms with Crippen molar-refractivity contribution >= 4 is 11.9 Å². The van der Waals surface area contributed by atoms with Crippen molar-refractivity contribution < 1.29 is 29.3 Å². The van der Waals surface area contributed by atoms with Crippen LogP contribution >= 0.6 is 0 Å². The number of benzene rings is 3. The van der Waals surface area contributed by atoms with Gasteiger partial charge in [-0.2, -0.15) is 0 Å². The standard InChI is InChI=1S/C22H15NO6.C2H6/c1-23-20(26)11-2-5-14-17(8-11)22(29-21(14)27)15-6-3-12(24)9-18(15)28-19-10-13(25)4-7-16(19)22;1-2/h2-10,24-25H,1H3,(H,23,26);1-2H3. The highest BCUT2D eigenvalue weighted by atomic mass is 16.6. The molecule has 0 saturated heterocycles. The van der Waals surface area contributed by atoms with Gasteiger partial charge >= 0.3 is 5.97 Å². The number of carbonyl (C=O) groups is 2. The van der Waals surface area contributed by atoms with Gasteiger partial charge in [0.15, 0.2) is 5.60 Å². The van der Waals surface area contributed by atoms with Gasteiger partial charge in [0, 0.05) is 41.4 Å². The molecule has 0 atom stereocenters. The summed E-state index contributed by atoms with van der Waals surface area (Å²) < 4.78 is 11.8. The van der Waals surface area contributed by atoms with Crippen LogP contribution in [0.15, 0.2) is 54.6 Å². The summed E-state index contributed by atoms with van der Waals surface area (Å²) in [6.45, 7) is 4.00. The van der Waals surface area contributed by atoms with Gasteiger partial charge in [0.2, 0.25) is 0 Å². The number of aromatic hydroxyl groups is 2. The van der Waals surface area contributed by atoms with Crippen LogP contribution in [-0.4, -0.2) is 29.1 Å². The molecule has 0 saturated carbocycles. The smallest absolute Gasteiger partial charge is 0.340 e. The topological polar surface area (TPSA) is 105 Å². The molecule has 158 valence electrons. The lowest BCUT2D eigenvalue weighted by Crippen LogP contribution is -2.33. The number of esters is 1. The summed E-state index contributed by atoms with van der Waals surface area (Å²) >= 11 is 0. The van der Waals surface area contributed by atoms with Crippen molar-refractivity contribution in [2.45, 2.75) is 19.4 Å². The van der Waals surface area contributed by atoms with Gasteiger partial charge in [0.05, 0.1) is 5.56 Å². The molecule has 5 rings (SSSR count). The van der Waals surface area contributed by atoms with Crippen LogP contribution in [0.2, 0.25) is 0 Å². The Morgan fingerprint density at radius 3 is 2.00 bits per heavy atom. The van der Waals surface area contributed by atoms with Crippen molar-refractivity contribution in [1.82, 2.24) is 5.32 Å². The maximum Gasteiger partial charge on any atom is 0.340 e. The molecule has 1 spiro atoms. The van der Waals surface area contributed by atoms with Crippen molar-refractivity contribution in [3.8, 4) is 23.0 Å². The Labute approximate surface area is 178 Å². The Hall–Kier alpha value is -4.00. The second-order valence-electron chi connectivity index (χ2n) is 6.87. The van der Waals surface area contributed by atoms with Gasteiger partial charge in [-0.15, -0.1) is 0 Å². The number of hydrogen-bond acceptors (Lipinski definition) is 6. The predicted octanol–water partition coefficient (Wildman–Crippen LogP) is 4.05. The number of phenols is 2. The summed E-state index contributed by atoms with van der Waals surface area (Å²) in [6.07, 6.45) is 0. The highest BCUT2D eigenvalue weighted by Gasteiger charge is 2.53. The summed E-state index contributed by atoms with van der Waals surface area (Å²) in [4.78, 5) is 25.0. The van der Waals surface area contributed by atoms with Crippen LogP contribution in [0.5, 0.6) is 23.0 Å². The quantitative estimate of drug-likeness (QED) is 0.514. The van der Waals surface area contributed by atoms with Crippen LogP contribution < -0.4 is 10.1 Å². The molecular formula is C24H21NO6. The molecule has 2 aliphatic heterocycles. The monoisotopic (exact) mass is 419 g/mol. The molecule has 2 heterocycles. The minimum absolute atomic E-state index is 0.0221. The zero-order valence-corrected chi connectivity index (χ0v) is 17.2. The molecule has 7 heteroatoms. The average molecular weight is 419 g/mol. The van der Waals surface area contributed by atoms with Crippen LogP contribution in [-0.2, 0) is 10.3 Å². The fourth-order valence-corrected chi connectivity index (χ4v) is 3.98. The molecule has 7 nitrogen and oxygen atoms in total. The van der Waals surface area contributed by atoms with Crippen molar-refractivity contribution in [3.63, 3.8) is 0 Å². The van der Waals surface area contributed by atoms with Gasteiger partial charge in [-0.3, -0.25) is 4.79 Å². The first-order valence-corrected chi connectivity index (χ1v) is 9.89. The largest absolute Gasteiger partial charge is 0.508 e. The molecule has 0 fully saturated rings. The summed E-state index contributed by atoms with van der Waals surface area (Å²) in [7, 11) is 1.53. The summed E-state index contributed by atoms with van der Waals surface area (Å²) in [5.41, 5.74) is 0.838. The van der Waals surface area contributed by atoms with Crippen LogP contribution in [0.4, 0.5) is 0 Å². The maximum atomic E-state index is 12.8. The van der Waals surface area contributed by atoms with E-state index in [4.69, 9.17) is 9.47 Å². The van der Waals surface area contributed by atoms with E-state index in [1.165, 1.54) is 31.3 Å². The summed E-state index contributed by atoms with van der Waals surface area (Å²) in [5.74, 6) is -0.310. The Balaban J connectivity index is 0.00000112. The van der Waals surface area contributed by atoms with E-state index in [0.29, 0.717) is 27.8 Å². The van der Waals surface area contributed by atoms with Crippen LogP contribution in [0.1, 0.15) is 51.3 Å². The van der Waals surface area contributed by atoms with E-state index in [9.17, 15) is 19.8 Å². The number of amides is 1. The van der Waals surface area contributed by atoms with Crippen LogP contribution in [0.25, 0.3) is 0 Å². The lowest BCUT2D eigenvalue weighted by Gasteiger charge is -2.36. The van der Waals surface area contributed by atoms with Gasteiger partial charge < -0.3 is 25.0 Å². The van der Waals surface area contributed by atoms with E-state index in [1.807, 2.05) is 13.8 Å². The Bertz CT molecular complexity index is 1170. The van der Waals surface area contributed by atoms with E-state index in [-0.39, 0.29) is 28.9 Å². The van der Waals surface area contributed by atoms with Crippen molar-refractivity contribution in [2.75, 3.05) is 7.05 Å². The Kier molecular flexibility index (Phi) is 4.81. The van der Waals surface area contributed by atoms with Gasteiger partial charge in [-0.05, 0) is 42.5 Å². The zero-order valence-electron chi connectivity index (χ0n) is 17.2. The molecular weight excluding hydrogens is 398 g/mol. The predicted molar refractivity (Wildman–Crippen MR) is 113 cm³/mol. The molecule has 3 N–H and O–H groups in total. The SMILES string of the molecule is CC.CNC(=O)c1ccc2c(c1)C1(OC2=O)c2ccc(O)cc2Oc2cc(O)ccc21. The highest BCUT2D eigenvalue weighted by Crippen LogP contribution is 2.57. The first-order valence-electron chi connectivity index (χ1n) is 9.89. The maximum absolute atomic E-state index is 12.8. The van der Waals surface area contributed by atoms with Crippen molar-refractivity contribution in [2.24, 2.45) is 0 Å². The number of phenolic OH excluding ortho intramolecular Hbond substituents is 2. The number of carbonyl (C=O) groups excluding carboxylic acids is 2. The molecule has 2 aliphatic rings. The number of ether oxygens (including phenoxy) is 2. The molecule has 31 heavy (non-hydrogen) atoms. The first kappa shape index (κ1) is 20.3. The number of fused-ring (bicyclic) bond motifs is 6. The Morgan fingerprint density at radius 2 is 1.45 bits per heavy atom. The molecule has 0 unspecified atom stereocenters.